The fraction of sp³-hybridized carbons (Fsp3) is 0. The Kier molecular flexibility index (Phi) is 2.31. The van der Waals surface area contributed by atoms with Gasteiger partial charge in [-0.25, -0.2) is 0 Å². The van der Waals surface area contributed by atoms with E-state index in [-0.39, 0.29) is 16.8 Å². The molecule has 1 radical (unpaired) electrons. The molecule has 3 rings (SSSR count). The van der Waals surface area contributed by atoms with E-state index in [0.29, 0.717) is 0 Å². The predicted octanol–water partition coefficient (Wildman–Crippen LogP) is 3.32. The molecule has 0 bridgehead atoms. The van der Waals surface area contributed by atoms with Crippen LogP contribution in [0.1, 0.15) is 0 Å². The summed E-state index contributed by atoms with van der Waals surface area (Å²) in [6.45, 7) is 0. The number of aromatic nitrogens is 1. The predicted molar refractivity (Wildman–Crippen MR) is 55.8 cm³/mol. The van der Waals surface area contributed by atoms with E-state index >= 15 is 0 Å². The van der Waals surface area contributed by atoms with Gasteiger partial charge in [-0.15, -0.1) is 0 Å². The van der Waals surface area contributed by atoms with Crippen LogP contribution in [0.2, 0.25) is 0 Å². The monoisotopic (exact) mass is 226 g/mol. The van der Waals surface area contributed by atoms with Gasteiger partial charge in [-0.2, -0.15) is 0 Å². The van der Waals surface area contributed by atoms with E-state index in [1.807, 2.05) is 0 Å². The summed E-state index contributed by atoms with van der Waals surface area (Å²) in [5, 5.41) is 2.61. The maximum atomic E-state index is 3.38. The Bertz CT molecular complexity index is 518. The van der Waals surface area contributed by atoms with Crippen molar-refractivity contribution in [3.63, 3.8) is 0 Å². The Morgan fingerprint density at radius 2 is 1.07 bits per heavy atom. The average Bonchev–Trinajstić information content (AvgIpc) is 2.56. The minimum absolute atomic E-state index is 0. The first kappa shape index (κ1) is 9.31. The number of hydrogen-bond acceptors (Lipinski definition) is 0. The van der Waals surface area contributed by atoms with E-state index < -0.39 is 0 Å². The fourth-order valence-electron chi connectivity index (χ4n) is 1.80. The summed E-state index contributed by atoms with van der Waals surface area (Å²) in [6.07, 6.45) is 0. The van der Waals surface area contributed by atoms with Crippen LogP contribution in [0.5, 0.6) is 0 Å². The van der Waals surface area contributed by atoms with Crippen molar-refractivity contribution < 1.29 is 16.8 Å². The van der Waals surface area contributed by atoms with Gasteiger partial charge in [0.25, 0.3) is 0 Å². The van der Waals surface area contributed by atoms with Crippen LogP contribution in [0.3, 0.4) is 0 Å². The zero-order valence-corrected chi connectivity index (χ0v) is 8.49. The zero-order valence-electron chi connectivity index (χ0n) is 7.45. The second-order valence-corrected chi connectivity index (χ2v) is 3.22. The molecule has 0 spiro atoms. The van der Waals surface area contributed by atoms with Crippen LogP contribution < -0.4 is 0 Å². The van der Waals surface area contributed by atoms with Crippen molar-refractivity contribution >= 4 is 21.8 Å². The van der Waals surface area contributed by atoms with Gasteiger partial charge in [0.15, 0.2) is 0 Å². The largest absolute Gasteiger partial charge is 0.355 e. The van der Waals surface area contributed by atoms with Crippen molar-refractivity contribution in [2.24, 2.45) is 0 Å². The topological polar surface area (TPSA) is 15.8 Å². The Morgan fingerprint density at radius 3 is 1.57 bits per heavy atom. The quantitative estimate of drug-likeness (QED) is 0.605. The molecule has 0 fully saturated rings. The van der Waals surface area contributed by atoms with Crippen molar-refractivity contribution in [2.45, 2.75) is 0 Å². The number of benzene rings is 2. The minimum Gasteiger partial charge on any atom is -0.355 e. The number of fused-ring (bicyclic) bond motifs is 3. The number of para-hydroxylation sites is 2. The summed E-state index contributed by atoms with van der Waals surface area (Å²) < 4.78 is 0. The van der Waals surface area contributed by atoms with Crippen LogP contribution in [0.25, 0.3) is 21.8 Å². The van der Waals surface area contributed by atoms with Gasteiger partial charge in [-0.3, -0.25) is 0 Å². The number of hydrogen-bond donors (Lipinski definition) is 1. The molecule has 0 saturated heterocycles. The summed E-state index contributed by atoms with van der Waals surface area (Å²) in [4.78, 5) is 3.38. The maximum Gasteiger partial charge on any atom is 0.0464 e. The first-order valence-electron chi connectivity index (χ1n) is 4.40. The van der Waals surface area contributed by atoms with Crippen LogP contribution in [-0.4, -0.2) is 4.98 Å². The molecule has 1 nitrogen and oxygen atoms in total. The van der Waals surface area contributed by atoms with Crippen molar-refractivity contribution in [3.8, 4) is 0 Å². The molecule has 0 saturated carbocycles. The van der Waals surface area contributed by atoms with E-state index in [2.05, 4.69) is 53.5 Å². The molecule has 0 atom stereocenters. The average molecular weight is 226 g/mol. The first-order valence-corrected chi connectivity index (χ1v) is 4.40. The fourth-order valence-corrected chi connectivity index (χ4v) is 1.80. The smallest absolute Gasteiger partial charge is 0.0464 e. The van der Waals surface area contributed by atoms with E-state index in [0.717, 1.165) is 0 Å². The molecule has 0 amide bonds. The third-order valence-electron chi connectivity index (χ3n) is 2.41. The van der Waals surface area contributed by atoms with Crippen LogP contribution in [0.15, 0.2) is 48.5 Å². The molecule has 0 aliphatic carbocycles. The minimum atomic E-state index is 0. The van der Waals surface area contributed by atoms with Crippen molar-refractivity contribution in [3.05, 3.63) is 48.5 Å². The molecule has 3 aromatic rings. The summed E-state index contributed by atoms with van der Waals surface area (Å²) in [6, 6.07) is 16.8. The van der Waals surface area contributed by atoms with Gasteiger partial charge < -0.3 is 4.98 Å². The third kappa shape index (κ3) is 1.24. The van der Waals surface area contributed by atoms with Gasteiger partial charge in [0.1, 0.15) is 0 Å². The van der Waals surface area contributed by atoms with Crippen LogP contribution in [-0.2, 0) is 16.8 Å². The standard InChI is InChI=1S/C12H9N.Co/c1-3-7-11-9(5-1)10-6-2-4-8-12(10)13-11;/h1-8,13H;. The normalized spacial score (nSPS) is 10.3. The molecule has 1 heterocycles. The van der Waals surface area contributed by atoms with Gasteiger partial charge in [0.05, 0.1) is 0 Å². The van der Waals surface area contributed by atoms with Gasteiger partial charge in [0.2, 0.25) is 0 Å². The molecule has 0 aliphatic rings. The third-order valence-corrected chi connectivity index (χ3v) is 2.41. The van der Waals surface area contributed by atoms with E-state index in [9.17, 15) is 0 Å². The maximum absolute atomic E-state index is 3.38. The number of nitrogens with one attached hydrogen (secondary N) is 1. The molecule has 2 aromatic carbocycles. The SMILES string of the molecule is [Co].c1ccc2c(c1)[nH]c1ccccc12. The Balaban J connectivity index is 0.000000750. The van der Waals surface area contributed by atoms with Crippen molar-refractivity contribution in [2.75, 3.05) is 0 Å². The van der Waals surface area contributed by atoms with Gasteiger partial charge in [0, 0.05) is 38.6 Å². The number of H-pyrrole nitrogens is 1. The van der Waals surface area contributed by atoms with E-state index in [4.69, 9.17) is 0 Å². The van der Waals surface area contributed by atoms with Crippen LogP contribution >= 0.6 is 0 Å². The molecule has 71 valence electrons. The zero-order chi connectivity index (χ0) is 8.67. The molecule has 1 N–H and O–H groups in total. The van der Waals surface area contributed by atoms with Gasteiger partial charge in [-0.1, -0.05) is 36.4 Å². The van der Waals surface area contributed by atoms with Gasteiger partial charge >= 0.3 is 0 Å². The van der Waals surface area contributed by atoms with Crippen molar-refractivity contribution in [1.29, 1.82) is 0 Å². The first-order chi connectivity index (χ1) is 6.45. The van der Waals surface area contributed by atoms with E-state index in [1.54, 1.807) is 0 Å². The summed E-state index contributed by atoms with van der Waals surface area (Å²) in [5.41, 5.74) is 2.42. The van der Waals surface area contributed by atoms with E-state index in [1.165, 1.54) is 21.8 Å². The second kappa shape index (κ2) is 3.48. The molecule has 0 aliphatic heterocycles. The molecular formula is C12H9CoN. The molecule has 2 heteroatoms. The van der Waals surface area contributed by atoms with Crippen LogP contribution in [0, 0.1) is 0 Å². The summed E-state index contributed by atoms with van der Waals surface area (Å²) >= 11 is 0. The van der Waals surface area contributed by atoms with Crippen molar-refractivity contribution in [1.82, 2.24) is 4.98 Å². The number of aromatic amines is 1. The Labute approximate surface area is 92.3 Å². The summed E-state index contributed by atoms with van der Waals surface area (Å²) in [7, 11) is 0. The Morgan fingerprint density at radius 1 is 0.643 bits per heavy atom. The molecule has 14 heavy (non-hydrogen) atoms. The Hall–Kier alpha value is -1.25. The second-order valence-electron chi connectivity index (χ2n) is 3.22. The number of rotatable bonds is 0. The van der Waals surface area contributed by atoms with Crippen LogP contribution in [0.4, 0.5) is 0 Å². The molecular weight excluding hydrogens is 217 g/mol. The summed E-state index contributed by atoms with van der Waals surface area (Å²) in [5.74, 6) is 0. The van der Waals surface area contributed by atoms with Gasteiger partial charge in [-0.05, 0) is 12.1 Å². The molecule has 1 aromatic heterocycles. The molecule has 0 unspecified atom stereocenters.